The van der Waals surface area contributed by atoms with Crippen LogP contribution in [-0.2, 0) is 0 Å². The molecular formula is C12H19N3O. The predicted molar refractivity (Wildman–Crippen MR) is 65.5 cm³/mol. The monoisotopic (exact) mass is 221 g/mol. The lowest BCUT2D eigenvalue weighted by atomic mass is 9.94. The lowest BCUT2D eigenvalue weighted by molar-refractivity contribution is 0.0350. The Hall–Kier alpha value is -1.29. The molecule has 16 heavy (non-hydrogen) atoms. The van der Waals surface area contributed by atoms with Crippen molar-refractivity contribution in [2.75, 3.05) is 23.7 Å². The van der Waals surface area contributed by atoms with Crippen molar-refractivity contribution < 1.29 is 5.11 Å². The standard InChI is InChI=1S/C12H19N3O/c1-9-8-14-11(7-10(9)13)15-5-3-12(2,16)4-6-15/h7-8,16H,3-6H2,1-2H3,(H2,13,14). The van der Waals surface area contributed by atoms with E-state index in [4.69, 9.17) is 5.73 Å². The Kier molecular flexibility index (Phi) is 2.76. The summed E-state index contributed by atoms with van der Waals surface area (Å²) in [7, 11) is 0. The summed E-state index contributed by atoms with van der Waals surface area (Å²) < 4.78 is 0. The smallest absolute Gasteiger partial charge is 0.130 e. The van der Waals surface area contributed by atoms with Crippen LogP contribution in [0.2, 0.25) is 0 Å². The van der Waals surface area contributed by atoms with Gasteiger partial charge in [-0.15, -0.1) is 0 Å². The molecule has 2 heterocycles. The topological polar surface area (TPSA) is 62.4 Å². The first-order valence-electron chi connectivity index (χ1n) is 5.67. The van der Waals surface area contributed by atoms with Gasteiger partial charge in [0.2, 0.25) is 0 Å². The molecule has 0 spiro atoms. The Morgan fingerprint density at radius 3 is 2.62 bits per heavy atom. The number of nitrogen functional groups attached to an aromatic ring is 1. The first-order valence-corrected chi connectivity index (χ1v) is 5.67. The van der Waals surface area contributed by atoms with Crippen LogP contribution in [0.5, 0.6) is 0 Å². The molecular weight excluding hydrogens is 202 g/mol. The minimum atomic E-state index is -0.521. The molecule has 0 radical (unpaired) electrons. The molecule has 1 saturated heterocycles. The fraction of sp³-hybridized carbons (Fsp3) is 0.583. The minimum absolute atomic E-state index is 0.521. The highest BCUT2D eigenvalue weighted by molar-refractivity contribution is 5.54. The van der Waals surface area contributed by atoms with Crippen LogP contribution < -0.4 is 10.6 Å². The first kappa shape index (κ1) is 11.2. The summed E-state index contributed by atoms with van der Waals surface area (Å²) >= 11 is 0. The average Bonchev–Trinajstić information content (AvgIpc) is 2.22. The van der Waals surface area contributed by atoms with E-state index in [0.29, 0.717) is 0 Å². The van der Waals surface area contributed by atoms with Gasteiger partial charge in [-0.25, -0.2) is 4.98 Å². The number of aryl methyl sites for hydroxylation is 1. The number of nitrogens with zero attached hydrogens (tertiary/aromatic N) is 2. The van der Waals surface area contributed by atoms with Crippen molar-refractivity contribution in [2.24, 2.45) is 0 Å². The molecule has 0 aliphatic carbocycles. The zero-order valence-electron chi connectivity index (χ0n) is 9.90. The Labute approximate surface area is 96.1 Å². The SMILES string of the molecule is Cc1cnc(N2CCC(C)(O)CC2)cc1N. The molecule has 1 aliphatic rings. The van der Waals surface area contributed by atoms with Gasteiger partial charge in [-0.3, -0.25) is 0 Å². The third kappa shape index (κ3) is 2.27. The fourth-order valence-electron chi connectivity index (χ4n) is 1.92. The van der Waals surface area contributed by atoms with Crippen LogP contribution in [0, 0.1) is 6.92 Å². The second kappa shape index (κ2) is 3.94. The van der Waals surface area contributed by atoms with E-state index < -0.39 is 5.60 Å². The quantitative estimate of drug-likeness (QED) is 0.751. The van der Waals surface area contributed by atoms with E-state index >= 15 is 0 Å². The van der Waals surface area contributed by atoms with Crippen LogP contribution in [0.25, 0.3) is 0 Å². The van der Waals surface area contributed by atoms with E-state index in [1.54, 1.807) is 6.20 Å². The van der Waals surface area contributed by atoms with Crippen molar-refractivity contribution in [3.63, 3.8) is 0 Å². The van der Waals surface area contributed by atoms with Gasteiger partial charge < -0.3 is 15.7 Å². The number of rotatable bonds is 1. The number of nitrogens with two attached hydrogens (primary N) is 1. The fourth-order valence-corrected chi connectivity index (χ4v) is 1.92. The van der Waals surface area contributed by atoms with Crippen LogP contribution in [0.1, 0.15) is 25.3 Å². The lowest BCUT2D eigenvalue weighted by Gasteiger charge is -2.36. The van der Waals surface area contributed by atoms with Crippen molar-refractivity contribution >= 4 is 11.5 Å². The number of hydrogen-bond donors (Lipinski definition) is 2. The molecule has 1 aliphatic heterocycles. The van der Waals surface area contributed by atoms with Crippen molar-refractivity contribution in [1.82, 2.24) is 4.98 Å². The summed E-state index contributed by atoms with van der Waals surface area (Å²) in [5.41, 5.74) is 7.13. The van der Waals surface area contributed by atoms with Gasteiger partial charge in [0.15, 0.2) is 0 Å². The molecule has 0 saturated carbocycles. The van der Waals surface area contributed by atoms with Gasteiger partial charge in [0.25, 0.3) is 0 Å². The summed E-state index contributed by atoms with van der Waals surface area (Å²) in [4.78, 5) is 6.55. The zero-order chi connectivity index (χ0) is 11.8. The maximum atomic E-state index is 9.87. The summed E-state index contributed by atoms with van der Waals surface area (Å²) in [5, 5.41) is 9.87. The number of aliphatic hydroxyl groups is 1. The molecule has 0 unspecified atom stereocenters. The van der Waals surface area contributed by atoms with Gasteiger partial charge in [-0.1, -0.05) is 0 Å². The molecule has 2 rings (SSSR count). The van der Waals surface area contributed by atoms with Crippen molar-refractivity contribution in [3.8, 4) is 0 Å². The normalized spacial score (nSPS) is 19.8. The molecule has 0 bridgehead atoms. The Morgan fingerprint density at radius 1 is 1.44 bits per heavy atom. The van der Waals surface area contributed by atoms with E-state index in [1.165, 1.54) is 0 Å². The Bertz CT molecular complexity index is 380. The second-order valence-corrected chi connectivity index (χ2v) is 4.88. The predicted octanol–water partition coefficient (Wildman–Crippen LogP) is 1.32. The summed E-state index contributed by atoms with van der Waals surface area (Å²) in [5.74, 6) is 0.915. The average molecular weight is 221 g/mol. The van der Waals surface area contributed by atoms with Crippen LogP contribution in [-0.4, -0.2) is 28.8 Å². The Morgan fingerprint density at radius 2 is 2.06 bits per heavy atom. The second-order valence-electron chi connectivity index (χ2n) is 4.88. The van der Waals surface area contributed by atoms with Gasteiger partial charge in [0.05, 0.1) is 5.60 Å². The van der Waals surface area contributed by atoms with Crippen LogP contribution in [0.4, 0.5) is 11.5 Å². The number of hydrogen-bond acceptors (Lipinski definition) is 4. The highest BCUT2D eigenvalue weighted by Gasteiger charge is 2.27. The van der Waals surface area contributed by atoms with Crippen LogP contribution in [0.15, 0.2) is 12.3 Å². The van der Waals surface area contributed by atoms with Crippen LogP contribution >= 0.6 is 0 Å². The lowest BCUT2D eigenvalue weighted by Crippen LogP contribution is -2.42. The van der Waals surface area contributed by atoms with Crippen molar-refractivity contribution in [3.05, 3.63) is 17.8 Å². The zero-order valence-corrected chi connectivity index (χ0v) is 9.90. The molecule has 0 amide bonds. The van der Waals surface area contributed by atoms with E-state index in [0.717, 1.165) is 43.0 Å². The summed E-state index contributed by atoms with van der Waals surface area (Å²) in [6.07, 6.45) is 3.36. The molecule has 1 aromatic rings. The van der Waals surface area contributed by atoms with Gasteiger partial charge in [0.1, 0.15) is 5.82 Å². The summed E-state index contributed by atoms with van der Waals surface area (Å²) in [6.45, 7) is 5.51. The minimum Gasteiger partial charge on any atom is -0.398 e. The first-order chi connectivity index (χ1) is 7.48. The highest BCUT2D eigenvalue weighted by Crippen LogP contribution is 2.26. The van der Waals surface area contributed by atoms with Gasteiger partial charge in [-0.2, -0.15) is 0 Å². The van der Waals surface area contributed by atoms with Gasteiger partial charge in [-0.05, 0) is 32.3 Å². The van der Waals surface area contributed by atoms with E-state index in [-0.39, 0.29) is 0 Å². The molecule has 88 valence electrons. The third-order valence-electron chi connectivity index (χ3n) is 3.30. The largest absolute Gasteiger partial charge is 0.398 e. The number of aromatic nitrogens is 1. The number of pyridine rings is 1. The molecule has 4 nitrogen and oxygen atoms in total. The molecule has 1 fully saturated rings. The van der Waals surface area contributed by atoms with Gasteiger partial charge in [0, 0.05) is 31.0 Å². The van der Waals surface area contributed by atoms with Crippen molar-refractivity contribution in [1.29, 1.82) is 0 Å². The van der Waals surface area contributed by atoms with E-state index in [1.807, 2.05) is 19.9 Å². The molecule has 4 heteroatoms. The molecule has 0 atom stereocenters. The molecule has 3 N–H and O–H groups in total. The number of piperidine rings is 1. The van der Waals surface area contributed by atoms with Crippen molar-refractivity contribution in [2.45, 2.75) is 32.3 Å². The maximum Gasteiger partial charge on any atom is 0.130 e. The van der Waals surface area contributed by atoms with Gasteiger partial charge >= 0.3 is 0 Å². The van der Waals surface area contributed by atoms with Crippen LogP contribution in [0.3, 0.4) is 0 Å². The highest BCUT2D eigenvalue weighted by atomic mass is 16.3. The maximum absolute atomic E-state index is 9.87. The van der Waals surface area contributed by atoms with E-state index in [2.05, 4.69) is 9.88 Å². The molecule has 1 aromatic heterocycles. The molecule has 0 aromatic carbocycles. The summed E-state index contributed by atoms with van der Waals surface area (Å²) in [6, 6.07) is 1.91. The Balaban J connectivity index is 2.11. The third-order valence-corrected chi connectivity index (χ3v) is 3.30. The van der Waals surface area contributed by atoms with E-state index in [9.17, 15) is 5.11 Å². The number of anilines is 2.